The van der Waals surface area contributed by atoms with Crippen LogP contribution in [-0.4, -0.2) is 79.8 Å². The Morgan fingerprint density at radius 1 is 1.22 bits per heavy atom. The highest BCUT2D eigenvalue weighted by Crippen LogP contribution is 2.12. The van der Waals surface area contributed by atoms with Gasteiger partial charge < -0.3 is 20.3 Å². The number of carbonyl (C=O) groups is 2. The van der Waals surface area contributed by atoms with Gasteiger partial charge in [-0.3, -0.25) is 9.69 Å². The molecule has 2 aliphatic heterocycles. The van der Waals surface area contributed by atoms with E-state index in [9.17, 15) is 9.59 Å². The minimum Gasteiger partial charge on any atom is -0.377 e. The molecule has 0 aromatic heterocycles. The molecule has 7 nitrogen and oxygen atoms in total. The maximum absolute atomic E-state index is 12.3. The molecule has 0 bridgehead atoms. The van der Waals surface area contributed by atoms with Crippen LogP contribution in [0.4, 0.5) is 4.79 Å². The molecule has 7 heteroatoms. The van der Waals surface area contributed by atoms with E-state index in [0.29, 0.717) is 26.3 Å². The Hall–Kier alpha value is -1.34. The minimum atomic E-state index is 0.0138. The number of nitrogens with zero attached hydrogens (tertiary/aromatic N) is 2. The number of amides is 3. The van der Waals surface area contributed by atoms with Gasteiger partial charge in [0.05, 0.1) is 25.8 Å². The van der Waals surface area contributed by atoms with Crippen LogP contribution in [0.5, 0.6) is 0 Å². The predicted molar refractivity (Wildman–Crippen MR) is 88.3 cm³/mol. The first kappa shape index (κ1) is 18.0. The van der Waals surface area contributed by atoms with E-state index in [1.165, 1.54) is 0 Å². The Kier molecular flexibility index (Phi) is 7.11. The van der Waals surface area contributed by atoms with Gasteiger partial charge in [-0.05, 0) is 26.2 Å². The van der Waals surface area contributed by atoms with Crippen LogP contribution in [0.2, 0.25) is 0 Å². The molecule has 3 amide bonds. The minimum absolute atomic E-state index is 0.0138. The van der Waals surface area contributed by atoms with E-state index >= 15 is 0 Å². The second kappa shape index (κ2) is 9.08. The van der Waals surface area contributed by atoms with Crippen molar-refractivity contribution in [1.29, 1.82) is 0 Å². The molecule has 0 unspecified atom stereocenters. The van der Waals surface area contributed by atoms with Crippen LogP contribution >= 0.6 is 0 Å². The van der Waals surface area contributed by atoms with Crippen LogP contribution in [0.3, 0.4) is 0 Å². The molecule has 0 radical (unpaired) electrons. The number of ether oxygens (including phenoxy) is 1. The number of carbonyl (C=O) groups excluding carboxylic acids is 2. The highest BCUT2D eigenvalue weighted by Gasteiger charge is 2.27. The van der Waals surface area contributed by atoms with Crippen molar-refractivity contribution in [2.75, 3.05) is 45.9 Å². The normalized spacial score (nSPS) is 23.6. The smallest absolute Gasteiger partial charge is 0.318 e. The van der Waals surface area contributed by atoms with Crippen LogP contribution in [0.25, 0.3) is 0 Å². The molecular formula is C16H30N4O3. The average molecular weight is 326 g/mol. The van der Waals surface area contributed by atoms with Gasteiger partial charge in [0, 0.05) is 32.2 Å². The summed E-state index contributed by atoms with van der Waals surface area (Å²) in [5, 5.41) is 6.03. The summed E-state index contributed by atoms with van der Waals surface area (Å²) < 4.78 is 5.36. The van der Waals surface area contributed by atoms with Gasteiger partial charge in [-0.2, -0.15) is 0 Å². The van der Waals surface area contributed by atoms with Crippen molar-refractivity contribution < 1.29 is 14.3 Å². The van der Waals surface area contributed by atoms with Gasteiger partial charge in [0.25, 0.3) is 0 Å². The van der Waals surface area contributed by atoms with Crippen molar-refractivity contribution >= 4 is 11.9 Å². The fourth-order valence-corrected chi connectivity index (χ4v) is 3.05. The summed E-state index contributed by atoms with van der Waals surface area (Å²) in [7, 11) is 0. The quantitative estimate of drug-likeness (QED) is 0.767. The molecule has 0 aromatic rings. The molecule has 0 saturated carbocycles. The van der Waals surface area contributed by atoms with Crippen molar-refractivity contribution in [2.24, 2.45) is 0 Å². The van der Waals surface area contributed by atoms with Crippen molar-refractivity contribution in [3.05, 3.63) is 0 Å². The lowest BCUT2D eigenvalue weighted by molar-refractivity contribution is -0.122. The maximum Gasteiger partial charge on any atom is 0.318 e. The molecule has 0 aliphatic carbocycles. The molecule has 0 spiro atoms. The number of hydrogen-bond acceptors (Lipinski definition) is 4. The third kappa shape index (κ3) is 5.66. The van der Waals surface area contributed by atoms with Crippen molar-refractivity contribution in [2.45, 2.75) is 45.2 Å². The fourth-order valence-electron chi connectivity index (χ4n) is 3.05. The van der Waals surface area contributed by atoms with E-state index in [1.54, 1.807) is 0 Å². The lowest BCUT2D eigenvalue weighted by Crippen LogP contribution is -2.55. The summed E-state index contributed by atoms with van der Waals surface area (Å²) in [6.07, 6.45) is 2.75. The van der Waals surface area contributed by atoms with Crippen LogP contribution < -0.4 is 10.6 Å². The third-order valence-corrected chi connectivity index (χ3v) is 4.48. The first-order chi connectivity index (χ1) is 11.1. The van der Waals surface area contributed by atoms with E-state index < -0.39 is 0 Å². The number of rotatable bonds is 5. The summed E-state index contributed by atoms with van der Waals surface area (Å²) in [5.74, 6) is 0.0940. The molecular weight excluding hydrogens is 296 g/mol. The molecule has 0 aromatic carbocycles. The summed E-state index contributed by atoms with van der Waals surface area (Å²) in [4.78, 5) is 28.1. The second-order valence-electron chi connectivity index (χ2n) is 6.47. The number of hydrogen-bond donors (Lipinski definition) is 2. The predicted octanol–water partition coefficient (Wildman–Crippen LogP) is 0.407. The highest BCUT2D eigenvalue weighted by atomic mass is 16.5. The number of nitrogens with one attached hydrogen (secondary N) is 2. The first-order valence-corrected chi connectivity index (χ1v) is 8.74. The fraction of sp³-hybridized carbons (Fsp3) is 0.875. The van der Waals surface area contributed by atoms with Crippen LogP contribution in [-0.2, 0) is 9.53 Å². The summed E-state index contributed by atoms with van der Waals surface area (Å²) in [6, 6.07) is 0.346. The van der Waals surface area contributed by atoms with E-state index in [-0.39, 0.29) is 24.0 Å². The number of likely N-dealkylation sites (tertiary alicyclic amines) is 1. The van der Waals surface area contributed by atoms with E-state index in [4.69, 9.17) is 4.74 Å². The van der Waals surface area contributed by atoms with Crippen LogP contribution in [0.15, 0.2) is 0 Å². The van der Waals surface area contributed by atoms with Gasteiger partial charge in [-0.15, -0.1) is 0 Å². The van der Waals surface area contributed by atoms with E-state index in [0.717, 1.165) is 38.9 Å². The third-order valence-electron chi connectivity index (χ3n) is 4.48. The SMILES string of the molecule is CCCNC(=O)CN1CCC(NC(=O)N2CCOC[C@H]2C)CC1. The number of piperidine rings is 1. The van der Waals surface area contributed by atoms with Gasteiger partial charge in [0.2, 0.25) is 5.91 Å². The molecule has 2 heterocycles. The molecule has 132 valence electrons. The van der Waals surface area contributed by atoms with E-state index in [1.807, 2.05) is 18.7 Å². The first-order valence-electron chi connectivity index (χ1n) is 8.74. The second-order valence-corrected chi connectivity index (χ2v) is 6.47. The van der Waals surface area contributed by atoms with Crippen LogP contribution in [0.1, 0.15) is 33.1 Å². The molecule has 2 fully saturated rings. The Bertz CT molecular complexity index is 397. The summed E-state index contributed by atoms with van der Waals surface area (Å²) in [5.41, 5.74) is 0. The summed E-state index contributed by atoms with van der Waals surface area (Å²) >= 11 is 0. The maximum atomic E-state index is 12.3. The molecule has 2 rings (SSSR count). The van der Waals surface area contributed by atoms with Gasteiger partial charge in [0.1, 0.15) is 0 Å². The van der Waals surface area contributed by atoms with Crippen molar-refractivity contribution in [3.63, 3.8) is 0 Å². The van der Waals surface area contributed by atoms with Gasteiger partial charge in [-0.25, -0.2) is 4.79 Å². The Labute approximate surface area is 138 Å². The highest BCUT2D eigenvalue weighted by molar-refractivity contribution is 5.78. The van der Waals surface area contributed by atoms with Gasteiger partial charge in [0.15, 0.2) is 0 Å². The molecule has 23 heavy (non-hydrogen) atoms. The Balaban J connectivity index is 1.68. The topological polar surface area (TPSA) is 73.9 Å². The van der Waals surface area contributed by atoms with Crippen molar-refractivity contribution in [1.82, 2.24) is 20.4 Å². The lowest BCUT2D eigenvalue weighted by Gasteiger charge is -2.36. The van der Waals surface area contributed by atoms with E-state index in [2.05, 4.69) is 15.5 Å². The van der Waals surface area contributed by atoms with Gasteiger partial charge in [-0.1, -0.05) is 6.92 Å². The summed E-state index contributed by atoms with van der Waals surface area (Å²) in [6.45, 7) is 8.84. The monoisotopic (exact) mass is 326 g/mol. The molecule has 2 N–H and O–H groups in total. The molecule has 2 saturated heterocycles. The number of morpholine rings is 1. The Morgan fingerprint density at radius 3 is 2.61 bits per heavy atom. The average Bonchev–Trinajstić information content (AvgIpc) is 2.55. The van der Waals surface area contributed by atoms with Crippen molar-refractivity contribution in [3.8, 4) is 0 Å². The number of urea groups is 1. The largest absolute Gasteiger partial charge is 0.377 e. The van der Waals surface area contributed by atoms with Gasteiger partial charge >= 0.3 is 6.03 Å². The standard InChI is InChI=1S/C16H30N4O3/c1-3-6-17-15(21)11-19-7-4-14(5-8-19)18-16(22)20-9-10-23-12-13(20)2/h13-14H,3-12H2,1-2H3,(H,17,21)(H,18,22)/t13-/m1/s1. The zero-order valence-corrected chi connectivity index (χ0v) is 14.3. The zero-order chi connectivity index (χ0) is 16.7. The Morgan fingerprint density at radius 2 is 1.96 bits per heavy atom. The zero-order valence-electron chi connectivity index (χ0n) is 14.3. The van der Waals surface area contributed by atoms with Crippen LogP contribution in [0, 0.1) is 0 Å². The lowest BCUT2D eigenvalue weighted by atomic mass is 10.1. The molecule has 1 atom stereocenters. The molecule has 2 aliphatic rings.